The van der Waals surface area contributed by atoms with E-state index in [1.54, 1.807) is 16.0 Å². The molecule has 5 nitrogen and oxygen atoms in total. The van der Waals surface area contributed by atoms with Gasteiger partial charge in [-0.25, -0.2) is 0 Å². The molecule has 0 saturated carbocycles. The molecule has 2 heterocycles. The summed E-state index contributed by atoms with van der Waals surface area (Å²) >= 11 is 4.95. The Morgan fingerprint density at radius 2 is 2.41 bits per heavy atom. The third-order valence-electron chi connectivity index (χ3n) is 2.80. The highest BCUT2D eigenvalue weighted by Crippen LogP contribution is 2.34. The number of hydrogen-bond donors (Lipinski definition) is 0. The van der Waals surface area contributed by atoms with Gasteiger partial charge in [0, 0.05) is 16.1 Å². The molecule has 0 radical (unpaired) electrons. The van der Waals surface area contributed by atoms with E-state index in [4.69, 9.17) is 0 Å². The molecular weight excluding hydrogens is 306 g/mol. The van der Waals surface area contributed by atoms with Crippen molar-refractivity contribution in [3.8, 4) is 0 Å². The number of alkyl halides is 1. The second-order valence-corrected chi connectivity index (χ2v) is 5.90. The summed E-state index contributed by atoms with van der Waals surface area (Å²) in [5.74, 6) is 0.110. The van der Waals surface area contributed by atoms with Crippen LogP contribution in [0, 0.1) is 10.1 Å². The van der Waals surface area contributed by atoms with Gasteiger partial charge in [0.15, 0.2) is 0 Å². The minimum absolute atomic E-state index is 0.0208. The minimum Gasteiger partial charge on any atom is -0.358 e. The van der Waals surface area contributed by atoms with Crippen LogP contribution >= 0.6 is 27.3 Å². The van der Waals surface area contributed by atoms with Gasteiger partial charge in [0.05, 0.1) is 0 Å². The van der Waals surface area contributed by atoms with Crippen LogP contribution in [0.4, 0.5) is 5.82 Å². The van der Waals surface area contributed by atoms with Crippen LogP contribution in [-0.4, -0.2) is 19.1 Å². The zero-order valence-corrected chi connectivity index (χ0v) is 11.9. The van der Waals surface area contributed by atoms with Gasteiger partial charge < -0.3 is 10.1 Å². The molecule has 0 saturated heterocycles. The standard InChI is InChI=1S/C10H12BrN3O2S/c1-3-7(11)6(2)8-9(14(15)16)13-4-5-17-10(13)12-8/h4-7H,3H2,1-2H3. The molecule has 0 aliphatic heterocycles. The number of imidazole rings is 1. The van der Waals surface area contributed by atoms with Crippen LogP contribution < -0.4 is 0 Å². The third-order valence-corrected chi connectivity index (χ3v) is 5.00. The number of nitrogens with zero attached hydrogens (tertiary/aromatic N) is 3. The van der Waals surface area contributed by atoms with Gasteiger partial charge in [-0.05, 0) is 11.3 Å². The molecule has 2 aromatic rings. The smallest absolute Gasteiger partial charge is 0.352 e. The second kappa shape index (κ2) is 4.73. The molecule has 0 amide bonds. The number of halogens is 1. The lowest BCUT2D eigenvalue weighted by molar-refractivity contribution is -0.391. The maximum absolute atomic E-state index is 11.1. The topological polar surface area (TPSA) is 60.4 Å². The Kier molecular flexibility index (Phi) is 3.48. The normalized spacial score (nSPS) is 15.0. The molecule has 0 aliphatic rings. The zero-order valence-electron chi connectivity index (χ0n) is 9.46. The Balaban J connectivity index is 2.56. The fourth-order valence-electron chi connectivity index (χ4n) is 1.80. The van der Waals surface area contributed by atoms with Crippen molar-refractivity contribution in [3.05, 3.63) is 27.4 Å². The van der Waals surface area contributed by atoms with E-state index in [1.165, 1.54) is 11.3 Å². The van der Waals surface area contributed by atoms with Gasteiger partial charge in [-0.15, -0.1) is 0 Å². The fraction of sp³-hybridized carbons (Fsp3) is 0.500. The molecular formula is C10H12BrN3O2S. The van der Waals surface area contributed by atoms with Crippen LogP contribution in [-0.2, 0) is 0 Å². The van der Waals surface area contributed by atoms with Gasteiger partial charge in [0.25, 0.3) is 4.96 Å². The van der Waals surface area contributed by atoms with E-state index in [1.807, 2.05) is 13.8 Å². The Hall–Kier alpha value is -0.950. The molecule has 2 rings (SSSR count). The number of rotatable bonds is 4. The summed E-state index contributed by atoms with van der Waals surface area (Å²) in [5, 5.41) is 12.9. The summed E-state index contributed by atoms with van der Waals surface area (Å²) in [6.45, 7) is 4.00. The van der Waals surface area contributed by atoms with Gasteiger partial charge >= 0.3 is 5.82 Å². The maximum atomic E-state index is 11.1. The van der Waals surface area contributed by atoms with Crippen molar-refractivity contribution >= 4 is 38.0 Å². The first-order valence-corrected chi connectivity index (χ1v) is 7.09. The monoisotopic (exact) mass is 317 g/mol. The highest BCUT2D eigenvalue weighted by molar-refractivity contribution is 9.09. The average Bonchev–Trinajstić information content (AvgIpc) is 2.85. The predicted molar refractivity (Wildman–Crippen MR) is 71.1 cm³/mol. The van der Waals surface area contributed by atoms with Crippen LogP contribution in [0.2, 0.25) is 0 Å². The van der Waals surface area contributed by atoms with E-state index >= 15 is 0 Å². The summed E-state index contributed by atoms with van der Waals surface area (Å²) in [4.78, 5) is 16.0. The van der Waals surface area contributed by atoms with Gasteiger partial charge in [0.1, 0.15) is 11.9 Å². The minimum atomic E-state index is -0.353. The zero-order chi connectivity index (χ0) is 12.6. The predicted octanol–water partition coefficient (Wildman–Crippen LogP) is 3.58. The Morgan fingerprint density at radius 3 is 3.00 bits per heavy atom. The molecule has 0 aliphatic carbocycles. The van der Waals surface area contributed by atoms with E-state index in [-0.39, 0.29) is 21.5 Å². The molecule has 2 atom stereocenters. The molecule has 17 heavy (non-hydrogen) atoms. The van der Waals surface area contributed by atoms with Crippen molar-refractivity contribution in [3.63, 3.8) is 0 Å². The second-order valence-electron chi connectivity index (χ2n) is 3.85. The van der Waals surface area contributed by atoms with Gasteiger partial charge in [-0.2, -0.15) is 9.38 Å². The lowest BCUT2D eigenvalue weighted by atomic mass is 10.0. The van der Waals surface area contributed by atoms with E-state index in [9.17, 15) is 10.1 Å². The summed E-state index contributed by atoms with van der Waals surface area (Å²) in [6.07, 6.45) is 2.60. The summed E-state index contributed by atoms with van der Waals surface area (Å²) in [6, 6.07) is 0. The highest BCUT2D eigenvalue weighted by atomic mass is 79.9. The first-order chi connectivity index (χ1) is 8.06. The summed E-state index contributed by atoms with van der Waals surface area (Å²) in [5.41, 5.74) is 0.561. The Labute approximate surface area is 111 Å². The van der Waals surface area contributed by atoms with E-state index < -0.39 is 0 Å². The number of nitro groups is 1. The average molecular weight is 318 g/mol. The fourth-order valence-corrected chi connectivity index (χ4v) is 2.77. The molecule has 2 aromatic heterocycles. The van der Waals surface area contributed by atoms with E-state index in [2.05, 4.69) is 20.9 Å². The van der Waals surface area contributed by atoms with Gasteiger partial charge in [-0.1, -0.05) is 41.1 Å². The van der Waals surface area contributed by atoms with E-state index in [0.29, 0.717) is 10.7 Å². The lowest BCUT2D eigenvalue weighted by Crippen LogP contribution is -2.10. The Bertz CT molecular complexity index is 551. The van der Waals surface area contributed by atoms with Crippen LogP contribution in [0.1, 0.15) is 31.9 Å². The largest absolute Gasteiger partial charge is 0.358 e. The SMILES string of the molecule is CCC(Br)C(C)c1nc2sccn2c1[N+](=O)[O-]. The van der Waals surface area contributed by atoms with Crippen molar-refractivity contribution < 1.29 is 4.92 Å². The van der Waals surface area contributed by atoms with Crippen LogP contribution in [0.5, 0.6) is 0 Å². The summed E-state index contributed by atoms with van der Waals surface area (Å²) < 4.78 is 1.55. The van der Waals surface area contributed by atoms with Crippen LogP contribution in [0.25, 0.3) is 4.96 Å². The maximum Gasteiger partial charge on any atom is 0.352 e. The number of thiazole rings is 1. The Morgan fingerprint density at radius 1 is 1.71 bits per heavy atom. The van der Waals surface area contributed by atoms with Crippen molar-refractivity contribution in [2.75, 3.05) is 0 Å². The first kappa shape index (κ1) is 12.5. The van der Waals surface area contributed by atoms with Crippen molar-refractivity contribution in [1.29, 1.82) is 0 Å². The molecule has 7 heteroatoms. The third kappa shape index (κ3) is 2.09. The first-order valence-electron chi connectivity index (χ1n) is 5.30. The quantitative estimate of drug-likeness (QED) is 0.492. The molecule has 0 aromatic carbocycles. The number of fused-ring (bicyclic) bond motifs is 1. The molecule has 0 N–H and O–H groups in total. The van der Waals surface area contributed by atoms with Crippen molar-refractivity contribution in [2.24, 2.45) is 0 Å². The van der Waals surface area contributed by atoms with Crippen LogP contribution in [0.3, 0.4) is 0 Å². The summed E-state index contributed by atoms with van der Waals surface area (Å²) in [7, 11) is 0. The number of aromatic nitrogens is 2. The molecule has 92 valence electrons. The van der Waals surface area contributed by atoms with E-state index in [0.717, 1.165) is 6.42 Å². The molecule has 0 spiro atoms. The van der Waals surface area contributed by atoms with Gasteiger partial charge in [0.2, 0.25) is 0 Å². The number of hydrogen-bond acceptors (Lipinski definition) is 4. The van der Waals surface area contributed by atoms with Crippen molar-refractivity contribution in [2.45, 2.75) is 31.0 Å². The molecule has 0 fully saturated rings. The lowest BCUT2D eigenvalue weighted by Gasteiger charge is -2.13. The molecule has 0 bridgehead atoms. The van der Waals surface area contributed by atoms with Gasteiger partial charge in [-0.3, -0.25) is 0 Å². The van der Waals surface area contributed by atoms with Crippen LogP contribution in [0.15, 0.2) is 11.6 Å². The van der Waals surface area contributed by atoms with Crippen molar-refractivity contribution in [1.82, 2.24) is 9.38 Å². The molecule has 2 unspecified atom stereocenters. The highest BCUT2D eigenvalue weighted by Gasteiger charge is 2.30.